The van der Waals surface area contributed by atoms with E-state index < -0.39 is 0 Å². The summed E-state index contributed by atoms with van der Waals surface area (Å²) in [6.45, 7) is 2.46. The molecule has 0 bridgehead atoms. The lowest BCUT2D eigenvalue weighted by Crippen LogP contribution is -2.30. The summed E-state index contributed by atoms with van der Waals surface area (Å²) in [7, 11) is 2.15. The first-order valence-corrected chi connectivity index (χ1v) is 6.03. The van der Waals surface area contributed by atoms with Crippen molar-refractivity contribution in [2.75, 3.05) is 26.7 Å². The molecule has 0 aliphatic carbocycles. The number of aromatic nitrogens is 1. The SMILES string of the molecule is CN1CCCC(c2coc(CCCO)n2)C1. The molecule has 2 rings (SSSR count). The van der Waals surface area contributed by atoms with E-state index in [4.69, 9.17) is 9.52 Å². The summed E-state index contributed by atoms with van der Waals surface area (Å²) in [5, 5.41) is 8.74. The van der Waals surface area contributed by atoms with Crippen LogP contribution in [0.2, 0.25) is 0 Å². The molecule has 4 nitrogen and oxygen atoms in total. The Kier molecular flexibility index (Phi) is 3.96. The minimum atomic E-state index is 0.198. The number of nitrogens with zero attached hydrogens (tertiary/aromatic N) is 2. The normalized spacial score (nSPS) is 22.5. The van der Waals surface area contributed by atoms with Crippen molar-refractivity contribution in [2.24, 2.45) is 0 Å². The average Bonchev–Trinajstić information content (AvgIpc) is 2.75. The molecule has 1 atom stereocenters. The van der Waals surface area contributed by atoms with Crippen molar-refractivity contribution < 1.29 is 9.52 Å². The first-order chi connectivity index (χ1) is 7.79. The maximum atomic E-state index is 8.74. The summed E-state index contributed by atoms with van der Waals surface area (Å²) < 4.78 is 5.41. The van der Waals surface area contributed by atoms with Crippen LogP contribution in [0.25, 0.3) is 0 Å². The van der Waals surface area contributed by atoms with Gasteiger partial charge in [-0.1, -0.05) is 0 Å². The van der Waals surface area contributed by atoms with Crippen LogP contribution in [0.4, 0.5) is 0 Å². The second kappa shape index (κ2) is 5.46. The van der Waals surface area contributed by atoms with Gasteiger partial charge < -0.3 is 14.4 Å². The van der Waals surface area contributed by atoms with Crippen molar-refractivity contribution in [2.45, 2.75) is 31.6 Å². The summed E-state index contributed by atoms with van der Waals surface area (Å²) in [5.74, 6) is 1.28. The van der Waals surface area contributed by atoms with Gasteiger partial charge in [-0.3, -0.25) is 0 Å². The van der Waals surface area contributed by atoms with Gasteiger partial charge in [0, 0.05) is 25.5 Å². The van der Waals surface area contributed by atoms with E-state index in [1.54, 1.807) is 6.26 Å². The molecule has 1 unspecified atom stereocenters. The van der Waals surface area contributed by atoms with Crippen molar-refractivity contribution in [3.05, 3.63) is 17.8 Å². The average molecular weight is 224 g/mol. The van der Waals surface area contributed by atoms with Crippen molar-refractivity contribution in [1.82, 2.24) is 9.88 Å². The first-order valence-electron chi connectivity index (χ1n) is 6.03. The van der Waals surface area contributed by atoms with E-state index in [0.717, 1.165) is 31.0 Å². The van der Waals surface area contributed by atoms with E-state index >= 15 is 0 Å². The lowest BCUT2D eigenvalue weighted by Gasteiger charge is -2.28. The molecule has 1 aliphatic heterocycles. The number of oxazole rings is 1. The van der Waals surface area contributed by atoms with Crippen LogP contribution in [0.3, 0.4) is 0 Å². The third-order valence-electron chi connectivity index (χ3n) is 3.16. The minimum absolute atomic E-state index is 0.198. The van der Waals surface area contributed by atoms with Gasteiger partial charge in [0.05, 0.1) is 5.69 Å². The lowest BCUT2D eigenvalue weighted by molar-refractivity contribution is 0.248. The zero-order valence-electron chi connectivity index (χ0n) is 9.85. The van der Waals surface area contributed by atoms with Gasteiger partial charge in [-0.05, 0) is 32.9 Å². The van der Waals surface area contributed by atoms with Gasteiger partial charge in [-0.15, -0.1) is 0 Å². The van der Waals surface area contributed by atoms with Crippen LogP contribution in [0.1, 0.15) is 36.8 Å². The summed E-state index contributed by atoms with van der Waals surface area (Å²) in [6.07, 6.45) is 5.69. The fourth-order valence-corrected chi connectivity index (χ4v) is 2.27. The van der Waals surface area contributed by atoms with Gasteiger partial charge in [-0.2, -0.15) is 0 Å². The Balaban J connectivity index is 1.95. The molecule has 1 aromatic heterocycles. The van der Waals surface area contributed by atoms with Crippen molar-refractivity contribution in [3.63, 3.8) is 0 Å². The van der Waals surface area contributed by atoms with Crippen molar-refractivity contribution in [1.29, 1.82) is 0 Å². The van der Waals surface area contributed by atoms with Crippen LogP contribution in [0.5, 0.6) is 0 Å². The molecule has 1 N–H and O–H groups in total. The summed E-state index contributed by atoms with van der Waals surface area (Å²) in [5.41, 5.74) is 1.08. The van der Waals surface area contributed by atoms with Gasteiger partial charge in [-0.25, -0.2) is 4.98 Å². The van der Waals surface area contributed by atoms with Crippen molar-refractivity contribution in [3.8, 4) is 0 Å². The quantitative estimate of drug-likeness (QED) is 0.840. The van der Waals surface area contributed by atoms with E-state index in [-0.39, 0.29) is 6.61 Å². The Morgan fingerprint density at radius 3 is 3.25 bits per heavy atom. The van der Waals surface area contributed by atoms with Crippen LogP contribution >= 0.6 is 0 Å². The number of hydrogen-bond acceptors (Lipinski definition) is 4. The standard InChI is InChI=1S/C12H20N2O2/c1-14-6-2-4-10(8-14)11-9-16-12(13-11)5-3-7-15/h9-10,15H,2-8H2,1H3. The highest BCUT2D eigenvalue weighted by molar-refractivity contribution is 5.06. The Hall–Kier alpha value is -0.870. The monoisotopic (exact) mass is 224 g/mol. The topological polar surface area (TPSA) is 49.5 Å². The molecule has 0 spiro atoms. The smallest absolute Gasteiger partial charge is 0.194 e. The van der Waals surface area contributed by atoms with Crippen LogP contribution in [-0.2, 0) is 6.42 Å². The summed E-state index contributed by atoms with van der Waals surface area (Å²) >= 11 is 0. The highest BCUT2D eigenvalue weighted by atomic mass is 16.3. The van der Waals surface area contributed by atoms with E-state index in [2.05, 4.69) is 16.9 Å². The third kappa shape index (κ3) is 2.83. The molecule has 0 saturated carbocycles. The minimum Gasteiger partial charge on any atom is -0.449 e. The Labute approximate surface area is 96.3 Å². The maximum Gasteiger partial charge on any atom is 0.194 e. The molecule has 1 saturated heterocycles. The molecular weight excluding hydrogens is 204 g/mol. The molecule has 1 aliphatic rings. The third-order valence-corrected chi connectivity index (χ3v) is 3.16. The molecule has 0 radical (unpaired) electrons. The fourth-order valence-electron chi connectivity index (χ4n) is 2.27. The molecule has 1 aromatic rings. The number of likely N-dealkylation sites (N-methyl/N-ethyl adjacent to an activating group) is 1. The summed E-state index contributed by atoms with van der Waals surface area (Å²) in [6, 6.07) is 0. The molecule has 4 heteroatoms. The van der Waals surface area contributed by atoms with Gasteiger partial charge in [0.2, 0.25) is 0 Å². The maximum absolute atomic E-state index is 8.74. The van der Waals surface area contributed by atoms with E-state index in [0.29, 0.717) is 5.92 Å². The fraction of sp³-hybridized carbons (Fsp3) is 0.750. The van der Waals surface area contributed by atoms with Gasteiger partial charge in [0.1, 0.15) is 6.26 Å². The largest absolute Gasteiger partial charge is 0.449 e. The molecular formula is C12H20N2O2. The predicted molar refractivity (Wildman–Crippen MR) is 61.4 cm³/mol. The van der Waals surface area contributed by atoms with E-state index in [1.165, 1.54) is 19.4 Å². The Morgan fingerprint density at radius 2 is 2.50 bits per heavy atom. The van der Waals surface area contributed by atoms with Gasteiger partial charge in [0.25, 0.3) is 0 Å². The van der Waals surface area contributed by atoms with Crippen molar-refractivity contribution >= 4 is 0 Å². The van der Waals surface area contributed by atoms with E-state index in [1.807, 2.05) is 0 Å². The molecule has 1 fully saturated rings. The second-order valence-corrected chi connectivity index (χ2v) is 4.59. The second-order valence-electron chi connectivity index (χ2n) is 4.59. The predicted octanol–water partition coefficient (Wildman–Crippen LogP) is 1.41. The van der Waals surface area contributed by atoms with Crippen LogP contribution in [-0.4, -0.2) is 41.7 Å². The summed E-state index contributed by atoms with van der Waals surface area (Å²) in [4.78, 5) is 6.84. The highest BCUT2D eigenvalue weighted by Crippen LogP contribution is 2.25. The number of aliphatic hydroxyl groups excluding tert-OH is 1. The number of piperidine rings is 1. The first kappa shape index (κ1) is 11.6. The number of likely N-dealkylation sites (tertiary alicyclic amines) is 1. The number of hydrogen-bond donors (Lipinski definition) is 1. The lowest BCUT2D eigenvalue weighted by atomic mass is 9.96. The van der Waals surface area contributed by atoms with E-state index in [9.17, 15) is 0 Å². The molecule has 2 heterocycles. The molecule has 0 aromatic carbocycles. The Morgan fingerprint density at radius 1 is 1.62 bits per heavy atom. The number of aryl methyl sites for hydroxylation is 1. The highest BCUT2D eigenvalue weighted by Gasteiger charge is 2.21. The van der Waals surface area contributed by atoms with Crippen LogP contribution in [0, 0.1) is 0 Å². The zero-order chi connectivity index (χ0) is 11.4. The Bertz CT molecular complexity index is 325. The number of rotatable bonds is 4. The van der Waals surface area contributed by atoms with Crippen LogP contribution in [0.15, 0.2) is 10.7 Å². The van der Waals surface area contributed by atoms with Gasteiger partial charge >= 0.3 is 0 Å². The van der Waals surface area contributed by atoms with Crippen LogP contribution < -0.4 is 0 Å². The zero-order valence-corrected chi connectivity index (χ0v) is 9.85. The molecule has 90 valence electrons. The molecule has 16 heavy (non-hydrogen) atoms. The number of aliphatic hydroxyl groups is 1. The molecule has 0 amide bonds. The van der Waals surface area contributed by atoms with Gasteiger partial charge in [0.15, 0.2) is 5.89 Å².